The van der Waals surface area contributed by atoms with E-state index in [9.17, 15) is 18.0 Å². The number of hydrogen-bond donors (Lipinski definition) is 2. The van der Waals surface area contributed by atoms with Gasteiger partial charge in [0.05, 0.1) is 5.02 Å². The van der Waals surface area contributed by atoms with Crippen LogP contribution in [0.2, 0.25) is 5.02 Å². The maximum atomic E-state index is 13.2. The number of halogens is 1. The molecule has 33 heavy (non-hydrogen) atoms. The monoisotopic (exact) mass is 491 g/mol. The Bertz CT molecular complexity index is 1140. The largest absolute Gasteiger partial charge is 0.326 e. The maximum absolute atomic E-state index is 13.2. The van der Waals surface area contributed by atoms with Gasteiger partial charge in [0.25, 0.3) is 5.91 Å². The van der Waals surface area contributed by atoms with Crippen molar-refractivity contribution in [2.75, 3.05) is 23.7 Å². The van der Waals surface area contributed by atoms with Crippen molar-refractivity contribution in [1.29, 1.82) is 0 Å². The molecule has 2 aromatic rings. The van der Waals surface area contributed by atoms with Gasteiger partial charge in [-0.15, -0.1) is 0 Å². The van der Waals surface area contributed by atoms with Gasteiger partial charge in [-0.2, -0.15) is 4.31 Å². The van der Waals surface area contributed by atoms with Crippen molar-refractivity contribution in [2.24, 2.45) is 5.92 Å². The predicted molar refractivity (Wildman–Crippen MR) is 131 cm³/mol. The van der Waals surface area contributed by atoms with Gasteiger partial charge in [0, 0.05) is 35.9 Å². The van der Waals surface area contributed by atoms with Gasteiger partial charge < -0.3 is 10.6 Å². The van der Waals surface area contributed by atoms with Crippen molar-refractivity contribution < 1.29 is 18.0 Å². The van der Waals surface area contributed by atoms with E-state index in [-0.39, 0.29) is 27.3 Å². The van der Waals surface area contributed by atoms with Crippen LogP contribution in [0.4, 0.5) is 11.4 Å². The molecular weight excluding hydrogens is 462 g/mol. The van der Waals surface area contributed by atoms with Crippen LogP contribution in [0.15, 0.2) is 41.3 Å². The van der Waals surface area contributed by atoms with Crippen LogP contribution in [0.3, 0.4) is 0 Å². The second-order valence-corrected chi connectivity index (χ2v) is 10.9. The third kappa shape index (κ3) is 6.13. The summed E-state index contributed by atoms with van der Waals surface area (Å²) in [6.07, 6.45) is 3.61. The number of nitrogens with zero attached hydrogens (tertiary/aromatic N) is 1. The zero-order valence-electron chi connectivity index (χ0n) is 19.2. The summed E-state index contributed by atoms with van der Waals surface area (Å²) in [6.45, 7) is 6.32. The Labute approximate surface area is 200 Å². The fourth-order valence-corrected chi connectivity index (χ4v) is 5.60. The quantitative estimate of drug-likeness (QED) is 0.590. The molecule has 0 atom stereocenters. The number of sulfonamides is 1. The minimum Gasteiger partial charge on any atom is -0.326 e. The van der Waals surface area contributed by atoms with Gasteiger partial charge in [0.15, 0.2) is 0 Å². The molecule has 0 radical (unpaired) electrons. The molecule has 9 heteroatoms. The van der Waals surface area contributed by atoms with Crippen LogP contribution in [-0.2, 0) is 14.8 Å². The van der Waals surface area contributed by atoms with Gasteiger partial charge in [0.2, 0.25) is 15.9 Å². The maximum Gasteiger partial charge on any atom is 0.255 e. The summed E-state index contributed by atoms with van der Waals surface area (Å²) < 4.78 is 27.9. The molecule has 3 rings (SSSR count). The molecular formula is C24H30ClN3O4S. The van der Waals surface area contributed by atoms with Gasteiger partial charge in [-0.25, -0.2) is 8.42 Å². The molecule has 0 saturated carbocycles. The summed E-state index contributed by atoms with van der Waals surface area (Å²) in [5, 5.41) is 5.71. The molecule has 0 aromatic heterocycles. The first-order chi connectivity index (χ1) is 15.6. The third-order valence-corrected chi connectivity index (χ3v) is 8.03. The minimum atomic E-state index is -3.81. The van der Waals surface area contributed by atoms with Crippen LogP contribution in [0.5, 0.6) is 0 Å². The molecule has 178 valence electrons. The normalized spacial score (nSPS) is 15.2. The lowest BCUT2D eigenvalue weighted by Crippen LogP contribution is -2.32. The van der Waals surface area contributed by atoms with E-state index in [1.54, 1.807) is 32.0 Å². The SMILES string of the molecule is Cc1ccc(NC(=O)C(C)C)cc1NC(=O)c1ccc(Cl)c(S(=O)(=O)N2CCCCCC2)c1. The van der Waals surface area contributed by atoms with E-state index in [4.69, 9.17) is 11.6 Å². The summed E-state index contributed by atoms with van der Waals surface area (Å²) >= 11 is 6.25. The summed E-state index contributed by atoms with van der Waals surface area (Å²) in [7, 11) is -3.81. The number of nitrogens with one attached hydrogen (secondary N) is 2. The van der Waals surface area contributed by atoms with Gasteiger partial charge >= 0.3 is 0 Å². The fourth-order valence-electron chi connectivity index (χ4n) is 3.58. The van der Waals surface area contributed by atoms with Crippen molar-refractivity contribution in [2.45, 2.75) is 51.3 Å². The lowest BCUT2D eigenvalue weighted by molar-refractivity contribution is -0.118. The van der Waals surface area contributed by atoms with E-state index in [1.165, 1.54) is 22.5 Å². The van der Waals surface area contributed by atoms with Crippen molar-refractivity contribution in [3.8, 4) is 0 Å². The molecule has 2 amide bonds. The molecule has 2 aromatic carbocycles. The molecule has 1 heterocycles. The Kier molecular flexibility index (Phi) is 8.15. The van der Waals surface area contributed by atoms with E-state index in [2.05, 4.69) is 10.6 Å². The first kappa shape index (κ1) is 25.2. The molecule has 0 bridgehead atoms. The fraction of sp³-hybridized carbons (Fsp3) is 0.417. The number of benzene rings is 2. The number of anilines is 2. The molecule has 0 unspecified atom stereocenters. The third-order valence-electron chi connectivity index (χ3n) is 5.65. The first-order valence-electron chi connectivity index (χ1n) is 11.1. The Morgan fingerprint density at radius 1 is 0.970 bits per heavy atom. The van der Waals surface area contributed by atoms with Crippen molar-refractivity contribution in [3.63, 3.8) is 0 Å². The molecule has 1 aliphatic heterocycles. The Hall–Kier alpha value is -2.42. The van der Waals surface area contributed by atoms with Crippen molar-refractivity contribution in [3.05, 3.63) is 52.5 Å². The zero-order valence-corrected chi connectivity index (χ0v) is 20.7. The number of aryl methyl sites for hydroxylation is 1. The Morgan fingerprint density at radius 2 is 1.64 bits per heavy atom. The lowest BCUT2D eigenvalue weighted by atomic mass is 10.1. The molecule has 2 N–H and O–H groups in total. The minimum absolute atomic E-state index is 0.0617. The second kappa shape index (κ2) is 10.7. The highest BCUT2D eigenvalue weighted by Crippen LogP contribution is 2.28. The number of carbonyl (C=O) groups is 2. The van der Waals surface area contributed by atoms with E-state index < -0.39 is 15.9 Å². The summed E-state index contributed by atoms with van der Waals surface area (Å²) in [5.74, 6) is -0.769. The average molecular weight is 492 g/mol. The van der Waals surface area contributed by atoms with E-state index in [1.807, 2.05) is 6.92 Å². The standard InChI is InChI=1S/C24H30ClN3O4S/c1-16(2)23(29)26-19-10-8-17(3)21(15-19)27-24(30)18-9-11-20(25)22(14-18)33(31,32)28-12-6-4-5-7-13-28/h8-11,14-16H,4-7,12-13H2,1-3H3,(H,26,29)(H,27,30). The van der Waals surface area contributed by atoms with Gasteiger partial charge in [-0.1, -0.05) is 44.4 Å². The molecule has 7 nitrogen and oxygen atoms in total. The summed E-state index contributed by atoms with van der Waals surface area (Å²) in [4.78, 5) is 24.9. The number of amides is 2. The number of rotatable bonds is 6. The van der Waals surface area contributed by atoms with Crippen LogP contribution >= 0.6 is 11.6 Å². The highest BCUT2D eigenvalue weighted by molar-refractivity contribution is 7.89. The van der Waals surface area contributed by atoms with Crippen molar-refractivity contribution in [1.82, 2.24) is 4.31 Å². The zero-order chi connectivity index (χ0) is 24.2. The number of hydrogen-bond acceptors (Lipinski definition) is 4. The van der Waals surface area contributed by atoms with Gasteiger partial charge in [-0.3, -0.25) is 9.59 Å². The van der Waals surface area contributed by atoms with Crippen molar-refractivity contribution >= 4 is 44.8 Å². The summed E-state index contributed by atoms with van der Waals surface area (Å²) in [5.41, 5.74) is 2.07. The molecule has 1 fully saturated rings. The van der Waals surface area contributed by atoms with Gasteiger partial charge in [0.1, 0.15) is 4.90 Å². The Balaban J connectivity index is 1.85. The molecule has 1 aliphatic rings. The smallest absolute Gasteiger partial charge is 0.255 e. The number of carbonyl (C=O) groups excluding carboxylic acids is 2. The van der Waals surface area contributed by atoms with E-state index in [0.29, 0.717) is 24.5 Å². The first-order valence-corrected chi connectivity index (χ1v) is 12.9. The highest BCUT2D eigenvalue weighted by atomic mass is 35.5. The predicted octanol–water partition coefficient (Wildman–Crippen LogP) is 5.06. The average Bonchev–Trinajstić information content (AvgIpc) is 3.06. The molecule has 0 aliphatic carbocycles. The topological polar surface area (TPSA) is 95.6 Å². The summed E-state index contributed by atoms with van der Waals surface area (Å²) in [6, 6.07) is 9.50. The Morgan fingerprint density at radius 3 is 2.27 bits per heavy atom. The van der Waals surface area contributed by atoms with Crippen LogP contribution in [-0.4, -0.2) is 37.6 Å². The van der Waals surface area contributed by atoms with E-state index in [0.717, 1.165) is 31.2 Å². The van der Waals surface area contributed by atoms with Crippen LogP contribution < -0.4 is 10.6 Å². The highest BCUT2D eigenvalue weighted by Gasteiger charge is 2.28. The van der Waals surface area contributed by atoms with Crippen LogP contribution in [0.1, 0.15) is 55.5 Å². The molecule has 0 spiro atoms. The van der Waals surface area contributed by atoms with Crippen LogP contribution in [0.25, 0.3) is 0 Å². The lowest BCUT2D eigenvalue weighted by Gasteiger charge is -2.21. The molecule has 1 saturated heterocycles. The second-order valence-electron chi connectivity index (χ2n) is 8.59. The van der Waals surface area contributed by atoms with Gasteiger partial charge in [-0.05, 0) is 55.7 Å². The van der Waals surface area contributed by atoms with E-state index >= 15 is 0 Å². The van der Waals surface area contributed by atoms with Crippen LogP contribution in [0, 0.1) is 12.8 Å².